The average molecular weight is 287 g/mol. The third kappa shape index (κ3) is 4.30. The van der Waals surface area contributed by atoms with Gasteiger partial charge in [0.15, 0.2) is 0 Å². The molecule has 1 unspecified atom stereocenters. The fourth-order valence-corrected chi connectivity index (χ4v) is 2.54. The second-order valence-electron chi connectivity index (χ2n) is 5.41. The Bertz CT molecular complexity index is 577. The first-order chi connectivity index (χ1) is 10.1. The highest BCUT2D eigenvalue weighted by atomic mass is 19.1. The quantitative estimate of drug-likeness (QED) is 0.873. The highest BCUT2D eigenvalue weighted by molar-refractivity contribution is 5.33. The van der Waals surface area contributed by atoms with Crippen LogP contribution in [0, 0.1) is 19.7 Å². The summed E-state index contributed by atoms with van der Waals surface area (Å²) in [6.07, 6.45) is 0.699. The van der Waals surface area contributed by atoms with Crippen LogP contribution in [0.2, 0.25) is 0 Å². The molecule has 0 saturated heterocycles. The van der Waals surface area contributed by atoms with Crippen LogP contribution in [0.3, 0.4) is 0 Å². The van der Waals surface area contributed by atoms with E-state index in [0.717, 1.165) is 5.75 Å². The van der Waals surface area contributed by atoms with Gasteiger partial charge >= 0.3 is 0 Å². The molecule has 0 heterocycles. The Labute approximate surface area is 125 Å². The third-order valence-electron chi connectivity index (χ3n) is 3.56. The van der Waals surface area contributed by atoms with Crippen molar-refractivity contribution in [3.63, 3.8) is 0 Å². The van der Waals surface area contributed by atoms with E-state index in [1.807, 2.05) is 32.0 Å². The predicted molar refractivity (Wildman–Crippen MR) is 84.2 cm³/mol. The summed E-state index contributed by atoms with van der Waals surface area (Å²) in [5.41, 5.74) is 8.80. The molecule has 2 aromatic carbocycles. The van der Waals surface area contributed by atoms with Crippen LogP contribution in [0.25, 0.3) is 0 Å². The highest BCUT2D eigenvalue weighted by Gasteiger charge is 2.14. The van der Waals surface area contributed by atoms with Gasteiger partial charge in [0.25, 0.3) is 0 Å². The summed E-state index contributed by atoms with van der Waals surface area (Å²) in [6.45, 7) is 5.03. The summed E-state index contributed by atoms with van der Waals surface area (Å²) in [7, 11) is 0. The zero-order valence-electron chi connectivity index (χ0n) is 12.6. The normalized spacial score (nSPS) is 12.2. The number of hydrogen-bond acceptors (Lipinski definition) is 2. The lowest BCUT2D eigenvalue weighted by Crippen LogP contribution is -2.16. The van der Waals surface area contributed by atoms with Crippen LogP contribution in [0.5, 0.6) is 5.75 Å². The SMILES string of the molecule is Cc1cc(C)cc(OCCC(CN)c2ccccc2F)c1. The molecule has 112 valence electrons. The van der Waals surface area contributed by atoms with Crippen molar-refractivity contribution in [3.8, 4) is 5.75 Å². The second-order valence-corrected chi connectivity index (χ2v) is 5.41. The number of aryl methyl sites for hydroxylation is 2. The van der Waals surface area contributed by atoms with E-state index in [-0.39, 0.29) is 11.7 Å². The molecule has 2 nitrogen and oxygen atoms in total. The van der Waals surface area contributed by atoms with Gasteiger partial charge in [0.05, 0.1) is 6.61 Å². The zero-order chi connectivity index (χ0) is 15.2. The average Bonchev–Trinajstić information content (AvgIpc) is 2.44. The van der Waals surface area contributed by atoms with Crippen molar-refractivity contribution in [2.24, 2.45) is 5.73 Å². The van der Waals surface area contributed by atoms with Gasteiger partial charge in [0.2, 0.25) is 0 Å². The van der Waals surface area contributed by atoms with Crippen LogP contribution in [-0.2, 0) is 0 Å². The first-order valence-corrected chi connectivity index (χ1v) is 7.25. The molecule has 0 bridgehead atoms. The lowest BCUT2D eigenvalue weighted by atomic mass is 9.96. The molecule has 0 aliphatic heterocycles. The standard InChI is InChI=1S/C18H22FNO/c1-13-9-14(2)11-16(10-13)21-8-7-15(12-20)17-5-3-4-6-18(17)19/h3-6,9-11,15H,7-8,12,20H2,1-2H3. The van der Waals surface area contributed by atoms with Gasteiger partial charge in [0.1, 0.15) is 11.6 Å². The van der Waals surface area contributed by atoms with Crippen molar-refractivity contribution in [1.29, 1.82) is 0 Å². The van der Waals surface area contributed by atoms with Crippen molar-refractivity contribution in [2.45, 2.75) is 26.2 Å². The smallest absolute Gasteiger partial charge is 0.126 e. The maximum atomic E-state index is 13.8. The van der Waals surface area contributed by atoms with Gasteiger partial charge in [-0.2, -0.15) is 0 Å². The molecule has 0 radical (unpaired) electrons. The molecule has 0 fully saturated rings. The lowest BCUT2D eigenvalue weighted by molar-refractivity contribution is 0.296. The third-order valence-corrected chi connectivity index (χ3v) is 3.56. The molecule has 2 rings (SSSR count). The van der Waals surface area contributed by atoms with E-state index in [1.165, 1.54) is 17.2 Å². The van der Waals surface area contributed by atoms with Crippen LogP contribution in [0.1, 0.15) is 29.0 Å². The Hall–Kier alpha value is -1.87. The molecule has 2 N–H and O–H groups in total. The molecule has 0 aliphatic rings. The van der Waals surface area contributed by atoms with Gasteiger partial charge in [-0.1, -0.05) is 24.3 Å². The first kappa shape index (κ1) is 15.5. The topological polar surface area (TPSA) is 35.2 Å². The minimum Gasteiger partial charge on any atom is -0.494 e. The number of ether oxygens (including phenoxy) is 1. The molecule has 3 heteroatoms. The number of rotatable bonds is 6. The van der Waals surface area contributed by atoms with Crippen molar-refractivity contribution in [2.75, 3.05) is 13.2 Å². The minimum absolute atomic E-state index is 0.0166. The van der Waals surface area contributed by atoms with Crippen LogP contribution >= 0.6 is 0 Å². The molecule has 21 heavy (non-hydrogen) atoms. The fraction of sp³-hybridized carbons (Fsp3) is 0.333. The minimum atomic E-state index is -0.195. The zero-order valence-corrected chi connectivity index (χ0v) is 12.6. The lowest BCUT2D eigenvalue weighted by Gasteiger charge is -2.16. The number of benzene rings is 2. The van der Waals surface area contributed by atoms with E-state index in [4.69, 9.17) is 10.5 Å². The Morgan fingerprint density at radius 3 is 2.38 bits per heavy atom. The van der Waals surface area contributed by atoms with Crippen molar-refractivity contribution >= 4 is 0 Å². The van der Waals surface area contributed by atoms with Crippen LogP contribution in [0.4, 0.5) is 4.39 Å². The summed E-state index contributed by atoms with van der Waals surface area (Å²) in [5.74, 6) is 0.647. The number of nitrogens with two attached hydrogens (primary N) is 1. The largest absolute Gasteiger partial charge is 0.494 e. The van der Waals surface area contributed by atoms with Crippen molar-refractivity contribution < 1.29 is 9.13 Å². The first-order valence-electron chi connectivity index (χ1n) is 7.25. The Balaban J connectivity index is 1.96. The van der Waals surface area contributed by atoms with Crippen LogP contribution in [-0.4, -0.2) is 13.2 Å². The van der Waals surface area contributed by atoms with Gasteiger partial charge in [-0.25, -0.2) is 4.39 Å². The molecule has 0 aliphatic carbocycles. The molecule has 2 aromatic rings. The molecular formula is C18H22FNO. The molecular weight excluding hydrogens is 265 g/mol. The van der Waals surface area contributed by atoms with Gasteiger partial charge in [0, 0.05) is 5.92 Å². The molecule has 0 aromatic heterocycles. The Morgan fingerprint density at radius 2 is 1.76 bits per heavy atom. The van der Waals surface area contributed by atoms with Crippen LogP contribution in [0.15, 0.2) is 42.5 Å². The number of halogens is 1. The molecule has 0 amide bonds. The van der Waals surface area contributed by atoms with Gasteiger partial charge < -0.3 is 10.5 Å². The maximum absolute atomic E-state index is 13.8. The van der Waals surface area contributed by atoms with Gasteiger partial charge in [-0.05, 0) is 61.7 Å². The van der Waals surface area contributed by atoms with E-state index in [1.54, 1.807) is 12.1 Å². The molecule has 0 spiro atoms. The van der Waals surface area contributed by atoms with Gasteiger partial charge in [-0.15, -0.1) is 0 Å². The van der Waals surface area contributed by atoms with Crippen molar-refractivity contribution in [3.05, 3.63) is 65.0 Å². The van der Waals surface area contributed by atoms with E-state index in [2.05, 4.69) is 6.07 Å². The van der Waals surface area contributed by atoms with Gasteiger partial charge in [-0.3, -0.25) is 0 Å². The Kier molecular flexibility index (Phi) is 5.34. The Morgan fingerprint density at radius 1 is 1.10 bits per heavy atom. The highest BCUT2D eigenvalue weighted by Crippen LogP contribution is 2.22. The number of hydrogen-bond donors (Lipinski definition) is 1. The van der Waals surface area contributed by atoms with E-state index < -0.39 is 0 Å². The molecule has 1 atom stereocenters. The second kappa shape index (κ2) is 7.23. The monoisotopic (exact) mass is 287 g/mol. The molecule has 0 saturated carbocycles. The summed E-state index contributed by atoms with van der Waals surface area (Å²) < 4.78 is 19.6. The maximum Gasteiger partial charge on any atom is 0.126 e. The van der Waals surface area contributed by atoms with Crippen molar-refractivity contribution in [1.82, 2.24) is 0 Å². The fourth-order valence-electron chi connectivity index (χ4n) is 2.54. The van der Waals surface area contributed by atoms with Crippen LogP contribution < -0.4 is 10.5 Å². The van der Waals surface area contributed by atoms with E-state index >= 15 is 0 Å². The predicted octanol–water partition coefficient (Wildman–Crippen LogP) is 3.95. The summed E-state index contributed by atoms with van der Waals surface area (Å²) in [4.78, 5) is 0. The summed E-state index contributed by atoms with van der Waals surface area (Å²) in [6, 6.07) is 12.9. The van der Waals surface area contributed by atoms with E-state index in [9.17, 15) is 4.39 Å². The summed E-state index contributed by atoms with van der Waals surface area (Å²) in [5, 5.41) is 0. The summed E-state index contributed by atoms with van der Waals surface area (Å²) >= 11 is 0. The van der Waals surface area contributed by atoms with E-state index in [0.29, 0.717) is 25.1 Å².